The zero-order chi connectivity index (χ0) is 10.5. The van der Waals surface area contributed by atoms with E-state index in [-0.39, 0.29) is 6.61 Å². The lowest BCUT2D eigenvalue weighted by Crippen LogP contribution is -2.04. The molecule has 2 rings (SSSR count). The molecule has 4 nitrogen and oxygen atoms in total. The van der Waals surface area contributed by atoms with Crippen molar-refractivity contribution in [3.8, 4) is 6.07 Å². The second kappa shape index (κ2) is 4.58. The highest BCUT2D eigenvalue weighted by Crippen LogP contribution is 2.11. The maximum Gasteiger partial charge on any atom is 0.133 e. The summed E-state index contributed by atoms with van der Waals surface area (Å²) < 4.78 is 7.12. The first-order valence-electron chi connectivity index (χ1n) is 4.76. The molecule has 0 aliphatic carbocycles. The van der Waals surface area contributed by atoms with Crippen molar-refractivity contribution in [2.75, 3.05) is 13.2 Å². The van der Waals surface area contributed by atoms with Crippen LogP contribution in [0.1, 0.15) is 0 Å². The number of nitrogens with zero attached hydrogens (tertiary/aromatic N) is 3. The molecule has 0 N–H and O–H groups in total. The van der Waals surface area contributed by atoms with Crippen LogP contribution < -0.4 is 0 Å². The molecule has 0 amide bonds. The fourth-order valence-corrected chi connectivity index (χ4v) is 1.47. The predicted molar refractivity (Wildman–Crippen MR) is 56.2 cm³/mol. The lowest BCUT2D eigenvalue weighted by atomic mass is 10.3. The van der Waals surface area contributed by atoms with Crippen molar-refractivity contribution in [3.63, 3.8) is 0 Å². The van der Waals surface area contributed by atoms with E-state index in [1.165, 1.54) is 0 Å². The Bertz CT molecular complexity index is 484. The van der Waals surface area contributed by atoms with Gasteiger partial charge < -0.3 is 9.30 Å². The molecule has 0 saturated carbocycles. The van der Waals surface area contributed by atoms with Crippen LogP contribution in [0, 0.1) is 11.3 Å². The Kier molecular flexibility index (Phi) is 2.96. The number of fused-ring (bicyclic) bond motifs is 1. The van der Waals surface area contributed by atoms with Crippen LogP contribution in [0.2, 0.25) is 0 Å². The summed E-state index contributed by atoms with van der Waals surface area (Å²) in [5.74, 6) is 0. The molecule has 0 unspecified atom stereocenters. The summed E-state index contributed by atoms with van der Waals surface area (Å²) in [4.78, 5) is 4.26. The van der Waals surface area contributed by atoms with Gasteiger partial charge in [-0.15, -0.1) is 0 Å². The van der Waals surface area contributed by atoms with Gasteiger partial charge in [-0.1, -0.05) is 12.1 Å². The number of benzene rings is 1. The van der Waals surface area contributed by atoms with Crippen LogP contribution in [0.25, 0.3) is 11.0 Å². The summed E-state index contributed by atoms with van der Waals surface area (Å²) in [6.45, 7) is 1.41. The lowest BCUT2D eigenvalue weighted by Gasteiger charge is -2.02. The molecule has 2 aromatic rings. The monoisotopic (exact) mass is 201 g/mol. The molecule has 0 atom stereocenters. The van der Waals surface area contributed by atoms with E-state index in [1.807, 2.05) is 34.9 Å². The van der Waals surface area contributed by atoms with Gasteiger partial charge in [-0.25, -0.2) is 4.98 Å². The largest absolute Gasteiger partial charge is 0.365 e. The van der Waals surface area contributed by atoms with Crippen LogP contribution in [0.3, 0.4) is 0 Å². The summed E-state index contributed by atoms with van der Waals surface area (Å²) in [5.41, 5.74) is 2.08. The highest BCUT2D eigenvalue weighted by molar-refractivity contribution is 5.74. The molecule has 0 radical (unpaired) electrons. The first-order valence-corrected chi connectivity index (χ1v) is 4.76. The van der Waals surface area contributed by atoms with Crippen molar-refractivity contribution in [2.45, 2.75) is 6.54 Å². The number of aromatic nitrogens is 2. The summed E-state index contributed by atoms with van der Waals surface area (Å²) >= 11 is 0. The Morgan fingerprint density at radius 3 is 3.13 bits per heavy atom. The first-order chi connectivity index (χ1) is 7.42. The molecule has 0 fully saturated rings. The SMILES string of the molecule is N#CCOCCn1cnc2ccccc21. The minimum Gasteiger partial charge on any atom is -0.365 e. The molecule has 1 aromatic carbocycles. The second-order valence-corrected chi connectivity index (χ2v) is 3.14. The minimum atomic E-state index is 0.145. The number of hydrogen-bond donors (Lipinski definition) is 0. The van der Waals surface area contributed by atoms with Gasteiger partial charge in [0.15, 0.2) is 0 Å². The summed E-state index contributed by atoms with van der Waals surface area (Å²) in [6, 6.07) is 9.88. The van der Waals surface area contributed by atoms with E-state index in [0.29, 0.717) is 6.61 Å². The number of nitriles is 1. The number of ether oxygens (including phenoxy) is 1. The molecule has 76 valence electrons. The Balaban J connectivity index is 2.05. The molecule has 0 saturated heterocycles. The van der Waals surface area contributed by atoms with Crippen LogP contribution >= 0.6 is 0 Å². The van der Waals surface area contributed by atoms with Crippen LogP contribution in [0.4, 0.5) is 0 Å². The van der Waals surface area contributed by atoms with Crippen molar-refractivity contribution < 1.29 is 4.74 Å². The topological polar surface area (TPSA) is 50.8 Å². The van der Waals surface area contributed by atoms with Gasteiger partial charge in [-0.3, -0.25) is 0 Å². The molecule has 0 aliphatic rings. The third-order valence-electron chi connectivity index (χ3n) is 2.17. The summed E-state index contributed by atoms with van der Waals surface area (Å²) in [7, 11) is 0. The smallest absolute Gasteiger partial charge is 0.133 e. The van der Waals surface area contributed by atoms with Gasteiger partial charge in [-0.2, -0.15) is 5.26 Å². The normalized spacial score (nSPS) is 10.3. The fraction of sp³-hybridized carbons (Fsp3) is 0.273. The van der Waals surface area contributed by atoms with E-state index in [1.54, 1.807) is 6.33 Å². The Morgan fingerprint density at radius 1 is 1.40 bits per heavy atom. The second-order valence-electron chi connectivity index (χ2n) is 3.14. The van der Waals surface area contributed by atoms with Crippen molar-refractivity contribution in [3.05, 3.63) is 30.6 Å². The quantitative estimate of drug-likeness (QED) is 0.705. The van der Waals surface area contributed by atoms with E-state index in [4.69, 9.17) is 10.00 Å². The average molecular weight is 201 g/mol. The first kappa shape index (κ1) is 9.69. The van der Waals surface area contributed by atoms with E-state index < -0.39 is 0 Å². The third-order valence-corrected chi connectivity index (χ3v) is 2.17. The molecule has 0 aliphatic heterocycles. The molecule has 0 spiro atoms. The van der Waals surface area contributed by atoms with Gasteiger partial charge >= 0.3 is 0 Å². The third kappa shape index (κ3) is 2.14. The highest BCUT2D eigenvalue weighted by atomic mass is 16.5. The van der Waals surface area contributed by atoms with Crippen LogP contribution in [-0.2, 0) is 11.3 Å². The number of imidazole rings is 1. The average Bonchev–Trinajstić information content (AvgIpc) is 2.68. The van der Waals surface area contributed by atoms with Crippen molar-refractivity contribution >= 4 is 11.0 Å². The van der Waals surface area contributed by atoms with E-state index in [9.17, 15) is 0 Å². The van der Waals surface area contributed by atoms with Gasteiger partial charge in [0.05, 0.1) is 30.0 Å². The van der Waals surface area contributed by atoms with Gasteiger partial charge in [0.2, 0.25) is 0 Å². The summed E-state index contributed by atoms with van der Waals surface area (Å²) in [6.07, 6.45) is 1.79. The minimum absolute atomic E-state index is 0.145. The molecule has 0 bridgehead atoms. The highest BCUT2D eigenvalue weighted by Gasteiger charge is 2.00. The number of hydrogen-bond acceptors (Lipinski definition) is 3. The zero-order valence-corrected chi connectivity index (χ0v) is 8.26. The number of para-hydroxylation sites is 2. The van der Waals surface area contributed by atoms with Gasteiger partial charge in [0, 0.05) is 6.54 Å². The maximum atomic E-state index is 8.30. The zero-order valence-electron chi connectivity index (χ0n) is 8.26. The van der Waals surface area contributed by atoms with Crippen LogP contribution in [0.15, 0.2) is 30.6 Å². The van der Waals surface area contributed by atoms with Gasteiger partial charge in [0.1, 0.15) is 6.61 Å². The van der Waals surface area contributed by atoms with E-state index in [2.05, 4.69) is 4.98 Å². The Morgan fingerprint density at radius 2 is 2.27 bits per heavy atom. The van der Waals surface area contributed by atoms with E-state index in [0.717, 1.165) is 17.6 Å². The molecule has 1 heterocycles. The summed E-state index contributed by atoms with van der Waals surface area (Å²) in [5, 5.41) is 8.30. The maximum absolute atomic E-state index is 8.30. The lowest BCUT2D eigenvalue weighted by molar-refractivity contribution is 0.157. The van der Waals surface area contributed by atoms with Crippen LogP contribution in [-0.4, -0.2) is 22.8 Å². The van der Waals surface area contributed by atoms with Crippen molar-refractivity contribution in [2.24, 2.45) is 0 Å². The van der Waals surface area contributed by atoms with Crippen molar-refractivity contribution in [1.82, 2.24) is 9.55 Å². The molecule has 1 aromatic heterocycles. The number of rotatable bonds is 4. The van der Waals surface area contributed by atoms with Gasteiger partial charge in [-0.05, 0) is 12.1 Å². The molecule has 15 heavy (non-hydrogen) atoms. The standard InChI is InChI=1S/C11H11N3O/c12-5-7-15-8-6-14-9-13-10-3-1-2-4-11(10)14/h1-4,9H,6-8H2. The fourth-order valence-electron chi connectivity index (χ4n) is 1.47. The molecular formula is C11H11N3O. The molecule has 4 heteroatoms. The van der Waals surface area contributed by atoms with Crippen molar-refractivity contribution in [1.29, 1.82) is 5.26 Å². The van der Waals surface area contributed by atoms with Gasteiger partial charge in [0.25, 0.3) is 0 Å². The Hall–Kier alpha value is -1.86. The predicted octanol–water partition coefficient (Wildman–Crippen LogP) is 1.58. The Labute approximate surface area is 87.7 Å². The van der Waals surface area contributed by atoms with E-state index >= 15 is 0 Å². The van der Waals surface area contributed by atoms with Crippen LogP contribution in [0.5, 0.6) is 0 Å². The molecular weight excluding hydrogens is 190 g/mol.